The summed E-state index contributed by atoms with van der Waals surface area (Å²) in [5.41, 5.74) is 2.31. The normalized spacial score (nSPS) is 21.1. The topological polar surface area (TPSA) is 12.9 Å². The van der Waals surface area contributed by atoms with E-state index in [-0.39, 0.29) is 0 Å². The van der Waals surface area contributed by atoms with Crippen molar-refractivity contribution in [2.24, 2.45) is 5.92 Å². The van der Waals surface area contributed by atoms with Crippen molar-refractivity contribution in [3.05, 3.63) is 48.3 Å². The van der Waals surface area contributed by atoms with Gasteiger partial charge in [0.25, 0.3) is 0 Å². The number of aromatic nitrogens is 1. The van der Waals surface area contributed by atoms with Gasteiger partial charge in [-0.05, 0) is 23.6 Å². The fourth-order valence-electron chi connectivity index (χ4n) is 1.35. The van der Waals surface area contributed by atoms with Gasteiger partial charge in [-0.25, -0.2) is 0 Å². The molecule has 1 atom stereocenters. The number of rotatable bonds is 1. The minimum atomic E-state index is 0.557. The Hall–Kier alpha value is -1.37. The number of hydrogen-bond donors (Lipinski definition) is 0. The molecule has 0 radical (unpaired) electrons. The van der Waals surface area contributed by atoms with Gasteiger partial charge in [-0.3, -0.25) is 4.98 Å². The average molecular weight is 157 g/mol. The predicted octanol–water partition coefficient (Wildman–Crippen LogP) is 2.67. The molecule has 1 aromatic rings. The summed E-state index contributed by atoms with van der Waals surface area (Å²) in [6.45, 7) is 2.17. The van der Waals surface area contributed by atoms with Gasteiger partial charge in [-0.1, -0.05) is 31.2 Å². The molecule has 1 heterocycles. The Morgan fingerprint density at radius 3 is 2.83 bits per heavy atom. The average Bonchev–Trinajstić information content (AvgIpc) is 2.54. The lowest BCUT2D eigenvalue weighted by Gasteiger charge is -1.96. The summed E-state index contributed by atoms with van der Waals surface area (Å²) in [5.74, 6) is 0.557. The zero-order valence-electron chi connectivity index (χ0n) is 7.07. The Bertz CT molecular complexity index is 322. The zero-order chi connectivity index (χ0) is 8.39. The zero-order valence-corrected chi connectivity index (χ0v) is 7.07. The number of pyridine rings is 1. The summed E-state index contributed by atoms with van der Waals surface area (Å²) >= 11 is 0. The molecule has 1 aliphatic carbocycles. The van der Waals surface area contributed by atoms with E-state index in [0.717, 1.165) is 5.69 Å². The SMILES string of the molecule is CC1C=CC(c2ccccn2)=C1. The number of allylic oxidation sites excluding steroid dienone is 4. The van der Waals surface area contributed by atoms with Crippen LogP contribution in [-0.2, 0) is 0 Å². The van der Waals surface area contributed by atoms with E-state index in [1.54, 1.807) is 0 Å². The highest BCUT2D eigenvalue weighted by molar-refractivity contribution is 5.74. The minimum absolute atomic E-state index is 0.557. The molecule has 1 aromatic heterocycles. The molecule has 1 aliphatic rings. The molecule has 0 aromatic carbocycles. The van der Waals surface area contributed by atoms with Gasteiger partial charge in [0.2, 0.25) is 0 Å². The van der Waals surface area contributed by atoms with Gasteiger partial charge in [0.15, 0.2) is 0 Å². The maximum Gasteiger partial charge on any atom is 0.0698 e. The Balaban J connectivity index is 2.34. The van der Waals surface area contributed by atoms with Crippen molar-refractivity contribution >= 4 is 5.57 Å². The molecule has 0 spiro atoms. The molecular weight excluding hydrogens is 146 g/mol. The molecule has 1 unspecified atom stereocenters. The van der Waals surface area contributed by atoms with Crippen molar-refractivity contribution in [1.82, 2.24) is 4.98 Å². The van der Waals surface area contributed by atoms with Crippen molar-refractivity contribution in [2.75, 3.05) is 0 Å². The van der Waals surface area contributed by atoms with Gasteiger partial charge < -0.3 is 0 Å². The molecule has 2 rings (SSSR count). The monoisotopic (exact) mass is 157 g/mol. The summed E-state index contributed by atoms with van der Waals surface area (Å²) in [4.78, 5) is 4.28. The molecule has 1 nitrogen and oxygen atoms in total. The Kier molecular flexibility index (Phi) is 1.78. The van der Waals surface area contributed by atoms with Crippen LogP contribution in [0, 0.1) is 5.92 Å². The summed E-state index contributed by atoms with van der Waals surface area (Å²) in [6.07, 6.45) is 8.37. The minimum Gasteiger partial charge on any atom is -0.256 e. The molecule has 0 N–H and O–H groups in total. The molecule has 0 aliphatic heterocycles. The third-order valence-corrected chi connectivity index (χ3v) is 1.98. The van der Waals surface area contributed by atoms with Gasteiger partial charge in [0.05, 0.1) is 5.69 Å². The molecule has 0 bridgehead atoms. The highest BCUT2D eigenvalue weighted by Crippen LogP contribution is 2.22. The third kappa shape index (κ3) is 1.30. The smallest absolute Gasteiger partial charge is 0.0698 e. The first-order chi connectivity index (χ1) is 5.86. The molecule has 0 fully saturated rings. The van der Waals surface area contributed by atoms with Crippen LogP contribution in [0.4, 0.5) is 0 Å². The number of nitrogens with zero attached hydrogens (tertiary/aromatic N) is 1. The Labute approximate surface area is 72.5 Å². The maximum absolute atomic E-state index is 4.28. The number of hydrogen-bond acceptors (Lipinski definition) is 1. The van der Waals surface area contributed by atoms with Crippen molar-refractivity contribution < 1.29 is 0 Å². The molecule has 60 valence electrons. The molecular formula is C11H11N. The van der Waals surface area contributed by atoms with Crippen LogP contribution in [0.2, 0.25) is 0 Å². The van der Waals surface area contributed by atoms with E-state index in [2.05, 4.69) is 30.1 Å². The second-order valence-electron chi connectivity index (χ2n) is 3.06. The lowest BCUT2D eigenvalue weighted by atomic mass is 10.1. The lowest BCUT2D eigenvalue weighted by Crippen LogP contribution is -1.83. The van der Waals surface area contributed by atoms with Crippen LogP contribution in [0.3, 0.4) is 0 Å². The van der Waals surface area contributed by atoms with Crippen LogP contribution < -0.4 is 0 Å². The largest absolute Gasteiger partial charge is 0.256 e. The van der Waals surface area contributed by atoms with Crippen LogP contribution in [0.15, 0.2) is 42.6 Å². The van der Waals surface area contributed by atoms with Gasteiger partial charge in [0, 0.05) is 6.20 Å². The first kappa shape index (κ1) is 7.29. The summed E-state index contributed by atoms with van der Waals surface area (Å²) in [7, 11) is 0. The van der Waals surface area contributed by atoms with Crippen LogP contribution >= 0.6 is 0 Å². The third-order valence-electron chi connectivity index (χ3n) is 1.98. The molecule has 0 saturated carbocycles. The van der Waals surface area contributed by atoms with E-state index in [1.807, 2.05) is 24.4 Å². The fourth-order valence-corrected chi connectivity index (χ4v) is 1.35. The second kappa shape index (κ2) is 2.94. The van der Waals surface area contributed by atoms with Gasteiger partial charge in [-0.15, -0.1) is 0 Å². The lowest BCUT2D eigenvalue weighted by molar-refractivity contribution is 0.959. The summed E-state index contributed by atoms with van der Waals surface area (Å²) in [6, 6.07) is 5.99. The van der Waals surface area contributed by atoms with Gasteiger partial charge in [-0.2, -0.15) is 0 Å². The van der Waals surface area contributed by atoms with E-state index in [0.29, 0.717) is 5.92 Å². The van der Waals surface area contributed by atoms with Crippen LogP contribution in [0.25, 0.3) is 5.57 Å². The summed E-state index contributed by atoms with van der Waals surface area (Å²) in [5, 5.41) is 0. The van der Waals surface area contributed by atoms with E-state index in [4.69, 9.17) is 0 Å². The molecule has 12 heavy (non-hydrogen) atoms. The fraction of sp³-hybridized carbons (Fsp3) is 0.182. The molecule has 0 saturated heterocycles. The van der Waals surface area contributed by atoms with Crippen molar-refractivity contribution in [2.45, 2.75) is 6.92 Å². The van der Waals surface area contributed by atoms with E-state index in [1.165, 1.54) is 5.57 Å². The standard InChI is InChI=1S/C11H11N/c1-9-5-6-10(8-9)11-4-2-3-7-12-11/h2-9H,1H3. The Morgan fingerprint density at radius 2 is 2.25 bits per heavy atom. The quantitative estimate of drug-likeness (QED) is 0.610. The van der Waals surface area contributed by atoms with E-state index >= 15 is 0 Å². The first-order valence-electron chi connectivity index (χ1n) is 4.18. The van der Waals surface area contributed by atoms with Crippen molar-refractivity contribution in [1.29, 1.82) is 0 Å². The molecule has 0 amide bonds. The van der Waals surface area contributed by atoms with Crippen LogP contribution in [-0.4, -0.2) is 4.98 Å². The van der Waals surface area contributed by atoms with E-state index in [9.17, 15) is 0 Å². The summed E-state index contributed by atoms with van der Waals surface area (Å²) < 4.78 is 0. The van der Waals surface area contributed by atoms with Gasteiger partial charge >= 0.3 is 0 Å². The van der Waals surface area contributed by atoms with Crippen LogP contribution in [0.1, 0.15) is 12.6 Å². The maximum atomic E-state index is 4.28. The highest BCUT2D eigenvalue weighted by atomic mass is 14.7. The van der Waals surface area contributed by atoms with Gasteiger partial charge in [0.1, 0.15) is 0 Å². The van der Waals surface area contributed by atoms with Crippen molar-refractivity contribution in [3.63, 3.8) is 0 Å². The predicted molar refractivity (Wildman–Crippen MR) is 50.5 cm³/mol. The van der Waals surface area contributed by atoms with Crippen molar-refractivity contribution in [3.8, 4) is 0 Å². The first-order valence-corrected chi connectivity index (χ1v) is 4.18. The van der Waals surface area contributed by atoms with Crippen LogP contribution in [0.5, 0.6) is 0 Å². The second-order valence-corrected chi connectivity index (χ2v) is 3.06. The highest BCUT2D eigenvalue weighted by Gasteiger charge is 2.06. The van der Waals surface area contributed by atoms with E-state index < -0.39 is 0 Å². The Morgan fingerprint density at radius 1 is 1.33 bits per heavy atom. The molecule has 1 heteroatoms.